The molecular formula is C14H19N3OS. The standard InChI is InChI=1S/C14H19N3OS/c1-19-10-7-13(16)14(18)17(9-8-15)11-12-5-3-2-4-6-12/h2-6,13H,7,9-11,16H2,1H3/t13-/m0/s1. The summed E-state index contributed by atoms with van der Waals surface area (Å²) in [7, 11) is 0. The largest absolute Gasteiger partial charge is 0.324 e. The van der Waals surface area contributed by atoms with Crippen LogP contribution in [0.3, 0.4) is 0 Å². The fourth-order valence-electron chi connectivity index (χ4n) is 1.70. The van der Waals surface area contributed by atoms with Gasteiger partial charge in [0.1, 0.15) is 6.54 Å². The van der Waals surface area contributed by atoms with Crippen molar-refractivity contribution in [2.75, 3.05) is 18.6 Å². The monoisotopic (exact) mass is 277 g/mol. The van der Waals surface area contributed by atoms with Crippen molar-refractivity contribution in [3.05, 3.63) is 35.9 Å². The van der Waals surface area contributed by atoms with E-state index < -0.39 is 6.04 Å². The second-order valence-corrected chi connectivity index (χ2v) is 5.21. The molecule has 0 heterocycles. The van der Waals surface area contributed by atoms with Crippen molar-refractivity contribution in [2.24, 2.45) is 5.73 Å². The highest BCUT2D eigenvalue weighted by Gasteiger charge is 2.20. The van der Waals surface area contributed by atoms with E-state index in [4.69, 9.17) is 11.0 Å². The van der Waals surface area contributed by atoms with Crippen LogP contribution in [0.15, 0.2) is 30.3 Å². The van der Waals surface area contributed by atoms with Crippen molar-refractivity contribution < 1.29 is 4.79 Å². The van der Waals surface area contributed by atoms with Gasteiger partial charge < -0.3 is 10.6 Å². The van der Waals surface area contributed by atoms with Crippen molar-refractivity contribution in [1.82, 2.24) is 4.90 Å². The Morgan fingerprint density at radius 1 is 1.47 bits per heavy atom. The normalized spacial score (nSPS) is 11.6. The van der Waals surface area contributed by atoms with Crippen molar-refractivity contribution in [2.45, 2.75) is 19.0 Å². The molecule has 0 fully saturated rings. The Balaban J connectivity index is 2.66. The lowest BCUT2D eigenvalue weighted by molar-refractivity contribution is -0.132. The van der Waals surface area contributed by atoms with E-state index >= 15 is 0 Å². The molecule has 0 aliphatic rings. The van der Waals surface area contributed by atoms with Gasteiger partial charge in [-0.25, -0.2) is 0 Å². The van der Waals surface area contributed by atoms with Gasteiger partial charge in [0.05, 0.1) is 12.1 Å². The van der Waals surface area contributed by atoms with E-state index in [9.17, 15) is 4.79 Å². The zero-order valence-corrected chi connectivity index (χ0v) is 11.9. The van der Waals surface area contributed by atoms with E-state index in [0.717, 1.165) is 11.3 Å². The molecule has 102 valence electrons. The summed E-state index contributed by atoms with van der Waals surface area (Å²) in [6.45, 7) is 0.501. The quantitative estimate of drug-likeness (QED) is 0.769. The van der Waals surface area contributed by atoms with Crippen molar-refractivity contribution >= 4 is 17.7 Å². The van der Waals surface area contributed by atoms with E-state index in [1.807, 2.05) is 42.7 Å². The van der Waals surface area contributed by atoms with Crippen molar-refractivity contribution in [3.8, 4) is 6.07 Å². The molecule has 0 bridgehead atoms. The molecule has 1 atom stereocenters. The molecule has 19 heavy (non-hydrogen) atoms. The smallest absolute Gasteiger partial charge is 0.240 e. The highest BCUT2D eigenvalue weighted by molar-refractivity contribution is 7.98. The summed E-state index contributed by atoms with van der Waals surface area (Å²) in [4.78, 5) is 13.7. The van der Waals surface area contributed by atoms with Gasteiger partial charge in [0, 0.05) is 6.54 Å². The van der Waals surface area contributed by atoms with Gasteiger partial charge in [-0.15, -0.1) is 0 Å². The first-order valence-corrected chi connectivity index (χ1v) is 7.52. The number of nitrogens with two attached hydrogens (primary N) is 1. The highest BCUT2D eigenvalue weighted by Crippen LogP contribution is 2.08. The first-order valence-electron chi connectivity index (χ1n) is 6.13. The van der Waals surface area contributed by atoms with E-state index in [1.54, 1.807) is 11.8 Å². The number of benzene rings is 1. The first kappa shape index (κ1) is 15.5. The number of rotatable bonds is 7. The summed E-state index contributed by atoms with van der Waals surface area (Å²) in [5, 5.41) is 8.83. The zero-order valence-electron chi connectivity index (χ0n) is 11.1. The third kappa shape index (κ3) is 5.33. The maximum Gasteiger partial charge on any atom is 0.240 e. The topological polar surface area (TPSA) is 70.1 Å². The summed E-state index contributed by atoms with van der Waals surface area (Å²) < 4.78 is 0. The Labute approximate surface area is 118 Å². The van der Waals surface area contributed by atoms with Crippen LogP contribution >= 0.6 is 11.8 Å². The summed E-state index contributed by atoms with van der Waals surface area (Å²) in [6.07, 6.45) is 2.62. The first-order chi connectivity index (χ1) is 9.19. The fourth-order valence-corrected chi connectivity index (χ4v) is 2.19. The predicted octanol–water partition coefficient (Wildman–Crippen LogP) is 1.62. The van der Waals surface area contributed by atoms with Crippen LogP contribution in [0.1, 0.15) is 12.0 Å². The summed E-state index contributed by atoms with van der Waals surface area (Å²) >= 11 is 1.66. The zero-order chi connectivity index (χ0) is 14.1. The summed E-state index contributed by atoms with van der Waals surface area (Å²) in [5.74, 6) is 0.693. The third-order valence-corrected chi connectivity index (χ3v) is 3.38. The Hall–Kier alpha value is -1.51. The SMILES string of the molecule is CSCC[C@H](N)C(=O)N(CC#N)Cc1ccccc1. The van der Waals surface area contributed by atoms with Gasteiger partial charge >= 0.3 is 0 Å². The number of carbonyl (C=O) groups excluding carboxylic acids is 1. The van der Waals surface area contributed by atoms with E-state index in [-0.39, 0.29) is 12.5 Å². The fraction of sp³-hybridized carbons (Fsp3) is 0.429. The minimum Gasteiger partial charge on any atom is -0.324 e. The van der Waals surface area contributed by atoms with Crippen LogP contribution in [-0.2, 0) is 11.3 Å². The van der Waals surface area contributed by atoms with Gasteiger partial charge in [-0.3, -0.25) is 4.79 Å². The van der Waals surface area contributed by atoms with Gasteiger partial charge in [-0.05, 0) is 24.0 Å². The average molecular weight is 277 g/mol. The van der Waals surface area contributed by atoms with Crippen LogP contribution in [-0.4, -0.2) is 35.4 Å². The van der Waals surface area contributed by atoms with Gasteiger partial charge in [-0.2, -0.15) is 17.0 Å². The van der Waals surface area contributed by atoms with Crippen LogP contribution in [0.4, 0.5) is 0 Å². The van der Waals surface area contributed by atoms with E-state index in [2.05, 4.69) is 0 Å². The molecule has 0 unspecified atom stereocenters. The second-order valence-electron chi connectivity index (χ2n) is 4.23. The Morgan fingerprint density at radius 2 is 2.16 bits per heavy atom. The third-order valence-electron chi connectivity index (χ3n) is 2.74. The van der Waals surface area contributed by atoms with Gasteiger partial charge in [-0.1, -0.05) is 30.3 Å². The maximum absolute atomic E-state index is 12.2. The minimum atomic E-state index is -0.524. The molecule has 0 aromatic heterocycles. The van der Waals surface area contributed by atoms with Crippen molar-refractivity contribution in [3.63, 3.8) is 0 Å². The molecule has 0 spiro atoms. The number of thioether (sulfide) groups is 1. The molecule has 1 aromatic rings. The molecule has 0 saturated carbocycles. The molecule has 0 aliphatic heterocycles. The van der Waals surface area contributed by atoms with Crippen LogP contribution < -0.4 is 5.73 Å². The molecule has 0 saturated heterocycles. The Kier molecular flexibility index (Phi) is 7.01. The lowest BCUT2D eigenvalue weighted by Gasteiger charge is -2.23. The number of nitrogens with zero attached hydrogens (tertiary/aromatic N) is 2. The molecule has 1 amide bonds. The number of hydrogen-bond acceptors (Lipinski definition) is 4. The number of amides is 1. The van der Waals surface area contributed by atoms with Gasteiger partial charge in [0.15, 0.2) is 0 Å². The average Bonchev–Trinajstić information content (AvgIpc) is 2.44. The predicted molar refractivity (Wildman–Crippen MR) is 78.4 cm³/mol. The van der Waals surface area contributed by atoms with Crippen LogP contribution in [0, 0.1) is 11.3 Å². The summed E-state index contributed by atoms with van der Waals surface area (Å²) in [6, 6.07) is 11.1. The minimum absolute atomic E-state index is 0.0701. The van der Waals surface area contributed by atoms with Crippen LogP contribution in [0.25, 0.3) is 0 Å². The Morgan fingerprint density at radius 3 is 2.74 bits per heavy atom. The molecule has 2 N–H and O–H groups in total. The lowest BCUT2D eigenvalue weighted by atomic mass is 10.1. The molecule has 4 nitrogen and oxygen atoms in total. The molecular weight excluding hydrogens is 258 g/mol. The highest BCUT2D eigenvalue weighted by atomic mass is 32.2. The van der Waals surface area contributed by atoms with Gasteiger partial charge in [0.2, 0.25) is 5.91 Å². The summed E-state index contributed by atoms with van der Waals surface area (Å²) in [5.41, 5.74) is 6.88. The number of hydrogen-bond donors (Lipinski definition) is 1. The van der Waals surface area contributed by atoms with Crippen LogP contribution in [0.2, 0.25) is 0 Å². The van der Waals surface area contributed by atoms with E-state index in [0.29, 0.717) is 13.0 Å². The van der Waals surface area contributed by atoms with Crippen molar-refractivity contribution in [1.29, 1.82) is 5.26 Å². The molecule has 0 radical (unpaired) electrons. The second kappa shape index (κ2) is 8.57. The maximum atomic E-state index is 12.2. The molecule has 0 aliphatic carbocycles. The lowest BCUT2D eigenvalue weighted by Crippen LogP contribution is -2.43. The molecule has 5 heteroatoms. The number of carbonyl (C=O) groups is 1. The molecule has 1 rings (SSSR count). The molecule has 1 aromatic carbocycles. The number of nitriles is 1. The van der Waals surface area contributed by atoms with Crippen LogP contribution in [0.5, 0.6) is 0 Å². The van der Waals surface area contributed by atoms with E-state index in [1.165, 1.54) is 4.90 Å². The Bertz CT molecular complexity index is 430. The van der Waals surface area contributed by atoms with Gasteiger partial charge in [0.25, 0.3) is 0 Å².